The average Bonchev–Trinajstić information content (AvgIpc) is 2.83. The number of sulfonamides is 1. The number of rotatable bonds is 11. The molecule has 0 aliphatic heterocycles. The first-order chi connectivity index (χ1) is 17.4. The molecule has 204 valence electrons. The monoisotopic (exact) mass is 561 g/mol. The van der Waals surface area contributed by atoms with E-state index in [1.165, 1.54) is 42.5 Å². The van der Waals surface area contributed by atoms with Gasteiger partial charge in [0.1, 0.15) is 11.8 Å². The zero-order chi connectivity index (χ0) is 27.1. The molecule has 12 heteroatoms. The van der Waals surface area contributed by atoms with Gasteiger partial charge in [0.15, 0.2) is 0 Å². The van der Waals surface area contributed by atoms with Crippen molar-refractivity contribution in [1.82, 2.24) is 10.0 Å². The van der Waals surface area contributed by atoms with E-state index in [2.05, 4.69) is 20.1 Å². The fraction of sp³-hybridized carbons (Fsp3) is 0.480. The molecule has 1 aliphatic carbocycles. The summed E-state index contributed by atoms with van der Waals surface area (Å²) < 4.78 is 69.4. The molecule has 37 heavy (non-hydrogen) atoms. The molecule has 0 bridgehead atoms. The van der Waals surface area contributed by atoms with Gasteiger partial charge in [0.25, 0.3) is 0 Å². The van der Waals surface area contributed by atoms with Gasteiger partial charge >= 0.3 is 6.36 Å². The average molecular weight is 562 g/mol. The van der Waals surface area contributed by atoms with E-state index < -0.39 is 34.4 Å². The molecule has 1 fully saturated rings. The topological polar surface area (TPSA) is 96.5 Å². The minimum atomic E-state index is -4.77. The first-order valence-corrected chi connectivity index (χ1v) is 14.0. The normalized spacial score (nSPS) is 16.6. The second kappa shape index (κ2) is 12.8. The highest BCUT2D eigenvalue weighted by atomic mass is 35.5. The minimum absolute atomic E-state index is 0.0193. The van der Waals surface area contributed by atoms with Gasteiger partial charge in [0.2, 0.25) is 15.9 Å². The fourth-order valence-electron chi connectivity index (χ4n) is 4.29. The van der Waals surface area contributed by atoms with Crippen LogP contribution < -0.4 is 20.1 Å². The third-order valence-electron chi connectivity index (χ3n) is 6.10. The number of halogens is 4. The van der Waals surface area contributed by atoms with Gasteiger partial charge in [-0.2, -0.15) is 4.72 Å². The lowest BCUT2D eigenvalue weighted by Crippen LogP contribution is -2.51. The van der Waals surface area contributed by atoms with Crippen molar-refractivity contribution in [2.75, 3.05) is 11.9 Å². The van der Waals surface area contributed by atoms with Crippen LogP contribution in [0.3, 0.4) is 0 Å². The quantitative estimate of drug-likeness (QED) is 0.338. The van der Waals surface area contributed by atoms with Crippen molar-refractivity contribution in [3.63, 3.8) is 0 Å². The van der Waals surface area contributed by atoms with E-state index in [4.69, 9.17) is 11.6 Å². The molecule has 1 amide bonds. The van der Waals surface area contributed by atoms with E-state index >= 15 is 0 Å². The number of nitrogens with one attached hydrogen (secondary N) is 3. The Morgan fingerprint density at radius 1 is 1.11 bits per heavy atom. The summed E-state index contributed by atoms with van der Waals surface area (Å²) in [6, 6.07) is 9.71. The van der Waals surface area contributed by atoms with Crippen molar-refractivity contribution in [2.24, 2.45) is 5.92 Å². The maximum atomic E-state index is 13.2. The van der Waals surface area contributed by atoms with Crippen LogP contribution in [0.2, 0.25) is 5.02 Å². The fourth-order valence-corrected chi connectivity index (χ4v) is 5.80. The number of carbonyl (C=O) groups is 1. The number of benzene rings is 2. The molecule has 0 aromatic heterocycles. The number of amides is 1. The summed E-state index contributed by atoms with van der Waals surface area (Å²) in [4.78, 5) is 13.2. The predicted octanol–water partition coefficient (Wildman–Crippen LogP) is 5.47. The highest BCUT2D eigenvalue weighted by Gasteiger charge is 2.31. The van der Waals surface area contributed by atoms with E-state index in [0.29, 0.717) is 12.1 Å². The maximum absolute atomic E-state index is 13.2. The summed E-state index contributed by atoms with van der Waals surface area (Å²) in [5, 5.41) is 6.15. The van der Waals surface area contributed by atoms with E-state index in [1.54, 1.807) is 13.0 Å². The second-order valence-electron chi connectivity index (χ2n) is 9.23. The Kier molecular flexibility index (Phi) is 10.1. The molecular weight excluding hydrogens is 531 g/mol. The summed E-state index contributed by atoms with van der Waals surface area (Å²) in [5.41, 5.74) is 0.538. The first kappa shape index (κ1) is 29.1. The Bertz CT molecular complexity index is 1140. The summed E-state index contributed by atoms with van der Waals surface area (Å²) in [6.45, 7) is 2.01. The van der Waals surface area contributed by atoms with Gasteiger partial charge in [-0.15, -0.1) is 13.2 Å². The van der Waals surface area contributed by atoms with Crippen LogP contribution in [0.5, 0.6) is 5.75 Å². The first-order valence-electron chi connectivity index (χ1n) is 12.1. The van der Waals surface area contributed by atoms with Crippen molar-refractivity contribution in [2.45, 2.75) is 68.8 Å². The van der Waals surface area contributed by atoms with E-state index in [9.17, 15) is 26.4 Å². The summed E-state index contributed by atoms with van der Waals surface area (Å²) in [6.07, 6.45) is 0.720. The molecule has 2 aromatic carbocycles. The van der Waals surface area contributed by atoms with Gasteiger partial charge in [0.05, 0.1) is 4.90 Å². The van der Waals surface area contributed by atoms with Crippen LogP contribution in [0.25, 0.3) is 0 Å². The molecule has 3 N–H and O–H groups in total. The van der Waals surface area contributed by atoms with Gasteiger partial charge in [-0.05, 0) is 61.7 Å². The van der Waals surface area contributed by atoms with Crippen molar-refractivity contribution < 1.29 is 31.1 Å². The Hall–Kier alpha value is -2.50. The largest absolute Gasteiger partial charge is 0.573 e. The van der Waals surface area contributed by atoms with Crippen molar-refractivity contribution in [1.29, 1.82) is 0 Å². The Morgan fingerprint density at radius 3 is 2.41 bits per heavy atom. The zero-order valence-electron chi connectivity index (χ0n) is 20.4. The molecule has 0 unspecified atom stereocenters. The molecule has 1 saturated carbocycles. The van der Waals surface area contributed by atoms with Crippen molar-refractivity contribution >= 4 is 33.2 Å². The number of hydrogen-bond acceptors (Lipinski definition) is 5. The van der Waals surface area contributed by atoms with Crippen LogP contribution in [-0.4, -0.2) is 39.3 Å². The third-order valence-corrected chi connectivity index (χ3v) is 7.81. The Morgan fingerprint density at radius 2 is 1.78 bits per heavy atom. The lowest BCUT2D eigenvalue weighted by atomic mass is 9.85. The number of anilines is 1. The van der Waals surface area contributed by atoms with Crippen LogP contribution in [0.15, 0.2) is 53.4 Å². The molecule has 0 radical (unpaired) electrons. The van der Waals surface area contributed by atoms with Crippen molar-refractivity contribution in [3.05, 3.63) is 53.6 Å². The number of ether oxygens (including phenoxy) is 1. The van der Waals surface area contributed by atoms with Crippen LogP contribution in [0.4, 0.5) is 18.9 Å². The molecule has 7 nitrogen and oxygen atoms in total. The van der Waals surface area contributed by atoms with E-state index in [1.807, 2.05) is 0 Å². The molecule has 1 aliphatic rings. The van der Waals surface area contributed by atoms with Gasteiger partial charge in [-0.25, -0.2) is 8.42 Å². The van der Waals surface area contributed by atoms with Crippen LogP contribution in [0.1, 0.15) is 45.4 Å². The minimum Gasteiger partial charge on any atom is -0.406 e. The van der Waals surface area contributed by atoms with Gasteiger partial charge in [0, 0.05) is 23.3 Å². The third kappa shape index (κ3) is 9.71. The molecule has 3 rings (SSSR count). The highest BCUT2D eigenvalue weighted by molar-refractivity contribution is 7.89. The maximum Gasteiger partial charge on any atom is 0.573 e. The molecular formula is C25H31ClF3N3O4S. The predicted molar refractivity (Wildman–Crippen MR) is 136 cm³/mol. The van der Waals surface area contributed by atoms with Crippen LogP contribution >= 0.6 is 11.6 Å². The highest BCUT2D eigenvalue weighted by Crippen LogP contribution is 2.28. The number of carbonyl (C=O) groups excluding carboxylic acids is 1. The smallest absolute Gasteiger partial charge is 0.406 e. The summed E-state index contributed by atoms with van der Waals surface area (Å²) in [7, 11) is -3.99. The molecule has 0 saturated heterocycles. The van der Waals surface area contributed by atoms with Crippen LogP contribution in [-0.2, 0) is 14.8 Å². The summed E-state index contributed by atoms with van der Waals surface area (Å²) >= 11 is 5.96. The number of hydrogen-bond donors (Lipinski definition) is 3. The number of alkyl halides is 3. The molecule has 2 aromatic rings. The van der Waals surface area contributed by atoms with Gasteiger partial charge in [-0.1, -0.05) is 49.8 Å². The van der Waals surface area contributed by atoms with Gasteiger partial charge in [-0.3, -0.25) is 4.79 Å². The van der Waals surface area contributed by atoms with Gasteiger partial charge < -0.3 is 15.4 Å². The Balaban J connectivity index is 1.62. The second-order valence-corrected chi connectivity index (χ2v) is 11.4. The summed E-state index contributed by atoms with van der Waals surface area (Å²) in [5.74, 6) is -0.547. The zero-order valence-corrected chi connectivity index (χ0v) is 21.9. The molecule has 0 heterocycles. The Labute approximate surface area is 220 Å². The SMILES string of the molecule is C[C@@H](CNc1ccc(OC(F)(F)F)cc1)NC(=O)[C@H](CC1CCCCC1)NS(=O)(=O)c1cccc(Cl)c1. The standard InChI is InChI=1S/C25H31ClF3N3O4S/c1-17(16-30-20-10-12-21(13-11-20)36-25(27,28)29)31-24(33)23(14-18-6-3-2-4-7-18)32-37(34,35)22-9-5-8-19(26)15-22/h5,8-13,15,17-18,23,30,32H,2-4,6-7,14,16H2,1H3,(H,31,33)/t17-,23-/m0/s1. The van der Waals surface area contributed by atoms with E-state index in [-0.39, 0.29) is 28.1 Å². The van der Waals surface area contributed by atoms with Crippen molar-refractivity contribution in [3.8, 4) is 5.75 Å². The van der Waals surface area contributed by atoms with Crippen LogP contribution in [0, 0.1) is 5.92 Å². The van der Waals surface area contributed by atoms with E-state index in [0.717, 1.165) is 32.1 Å². The molecule has 2 atom stereocenters. The lowest BCUT2D eigenvalue weighted by molar-refractivity contribution is -0.274. The molecule has 0 spiro atoms. The lowest BCUT2D eigenvalue weighted by Gasteiger charge is -2.27.